The van der Waals surface area contributed by atoms with E-state index in [1.807, 2.05) is 23.2 Å². The van der Waals surface area contributed by atoms with Crippen molar-refractivity contribution in [2.75, 3.05) is 18.1 Å². The molecule has 3 rings (SSSR count). The molecule has 1 unspecified atom stereocenters. The van der Waals surface area contributed by atoms with Crippen LogP contribution in [0.25, 0.3) is 0 Å². The SMILES string of the molecule is Br.CCCCCCCCCCCCOc1cccc(CN(C(C)=O)c2ccc(CC3(C)CN=CC=C3C)cc2)c1. The van der Waals surface area contributed by atoms with Gasteiger partial charge in [-0.15, -0.1) is 17.0 Å². The summed E-state index contributed by atoms with van der Waals surface area (Å²) in [4.78, 5) is 18.9. The van der Waals surface area contributed by atoms with Crippen molar-refractivity contribution < 1.29 is 9.53 Å². The summed E-state index contributed by atoms with van der Waals surface area (Å²) in [6.07, 6.45) is 18.2. The number of benzene rings is 2. The first-order valence-corrected chi connectivity index (χ1v) is 15.2. The number of ether oxygens (including phenoxy) is 1. The Kier molecular flexibility index (Phi) is 15.3. The third-order valence-electron chi connectivity index (χ3n) is 8.05. The number of anilines is 1. The van der Waals surface area contributed by atoms with E-state index in [4.69, 9.17) is 4.74 Å². The molecule has 0 saturated heterocycles. The van der Waals surface area contributed by atoms with Gasteiger partial charge in [-0.05, 0) is 61.2 Å². The number of rotatable bonds is 17. The van der Waals surface area contributed by atoms with Crippen LogP contribution in [0.1, 0.15) is 103 Å². The van der Waals surface area contributed by atoms with Gasteiger partial charge < -0.3 is 9.64 Å². The molecule has 1 aliphatic rings. The van der Waals surface area contributed by atoms with E-state index in [0.717, 1.165) is 43.0 Å². The van der Waals surface area contributed by atoms with Gasteiger partial charge in [-0.3, -0.25) is 9.79 Å². The van der Waals surface area contributed by atoms with Crippen LogP contribution in [0.5, 0.6) is 5.75 Å². The topological polar surface area (TPSA) is 41.9 Å². The molecule has 0 fully saturated rings. The Labute approximate surface area is 254 Å². The summed E-state index contributed by atoms with van der Waals surface area (Å²) in [5.74, 6) is 0.917. The van der Waals surface area contributed by atoms with Gasteiger partial charge >= 0.3 is 0 Å². The van der Waals surface area contributed by atoms with E-state index in [9.17, 15) is 4.79 Å². The smallest absolute Gasteiger partial charge is 0.224 e. The third-order valence-corrected chi connectivity index (χ3v) is 8.05. The second-order valence-corrected chi connectivity index (χ2v) is 11.5. The number of carbonyl (C=O) groups excluding carboxylic acids is 1. The highest BCUT2D eigenvalue weighted by Gasteiger charge is 2.27. The number of halogens is 1. The normalized spacial score (nSPS) is 16.2. The fraction of sp³-hybridized carbons (Fsp3) is 0.543. The van der Waals surface area contributed by atoms with Gasteiger partial charge in [-0.1, -0.05) is 101 Å². The second kappa shape index (κ2) is 18.1. The van der Waals surface area contributed by atoms with Crippen molar-refractivity contribution in [2.45, 2.75) is 105 Å². The monoisotopic (exact) mass is 610 g/mol. The molecule has 4 nitrogen and oxygen atoms in total. The lowest BCUT2D eigenvalue weighted by Crippen LogP contribution is -2.28. The van der Waals surface area contributed by atoms with Gasteiger partial charge in [0.25, 0.3) is 0 Å². The molecule has 0 saturated carbocycles. The van der Waals surface area contributed by atoms with Crippen molar-refractivity contribution >= 4 is 34.8 Å². The minimum atomic E-state index is 0. The number of amides is 1. The maximum Gasteiger partial charge on any atom is 0.224 e. The number of dihydropyridines is 1. The first-order valence-electron chi connectivity index (χ1n) is 15.2. The third kappa shape index (κ3) is 11.2. The van der Waals surface area contributed by atoms with Gasteiger partial charge in [0.2, 0.25) is 5.91 Å². The zero-order chi connectivity index (χ0) is 27.9. The van der Waals surface area contributed by atoms with Gasteiger partial charge in [0.15, 0.2) is 0 Å². The van der Waals surface area contributed by atoms with Crippen LogP contribution in [0, 0.1) is 5.41 Å². The van der Waals surface area contributed by atoms with Crippen LogP contribution in [-0.4, -0.2) is 25.3 Å². The maximum atomic E-state index is 12.6. The number of carbonyl (C=O) groups is 1. The first kappa shape index (κ1) is 33.8. The molecule has 1 heterocycles. The van der Waals surface area contributed by atoms with E-state index < -0.39 is 0 Å². The molecule has 1 amide bonds. The van der Waals surface area contributed by atoms with Crippen LogP contribution in [-0.2, 0) is 17.8 Å². The highest BCUT2D eigenvalue weighted by atomic mass is 79.9. The number of allylic oxidation sites excluding steroid dienone is 1. The Hall–Kier alpha value is -2.40. The molecule has 0 spiro atoms. The van der Waals surface area contributed by atoms with Crippen molar-refractivity contribution in [3.05, 3.63) is 71.3 Å². The highest BCUT2D eigenvalue weighted by Crippen LogP contribution is 2.33. The van der Waals surface area contributed by atoms with Crippen molar-refractivity contribution in [3.63, 3.8) is 0 Å². The Morgan fingerprint density at radius 1 is 0.925 bits per heavy atom. The number of nitrogens with zero attached hydrogens (tertiary/aromatic N) is 2. The van der Waals surface area contributed by atoms with E-state index in [2.05, 4.69) is 68.2 Å². The molecular formula is C35H51BrN2O2. The summed E-state index contributed by atoms with van der Waals surface area (Å²) in [6, 6.07) is 16.6. The average Bonchev–Trinajstić information content (AvgIpc) is 2.93. The number of hydrogen-bond donors (Lipinski definition) is 0. The van der Waals surface area contributed by atoms with Crippen molar-refractivity contribution in [2.24, 2.45) is 10.4 Å². The molecule has 5 heteroatoms. The largest absolute Gasteiger partial charge is 0.494 e. The first-order chi connectivity index (χ1) is 18.9. The van der Waals surface area contributed by atoms with Crippen LogP contribution in [0.2, 0.25) is 0 Å². The standard InChI is InChI=1S/C35H50N2O2.BrH/c1-5-6-7-8-9-10-11-12-13-14-24-39-34-17-15-16-32(25-34)27-37(30(3)38)33-20-18-31(19-21-33)26-35(4)28-36-23-22-29(35)2;/h15-23,25H,5-14,24,26-28H2,1-4H3;1H. The molecule has 0 aliphatic carbocycles. The van der Waals surface area contributed by atoms with Crippen LogP contribution < -0.4 is 9.64 Å². The Balaban J connectivity index is 0.00000560. The predicted molar refractivity (Wildman–Crippen MR) is 176 cm³/mol. The van der Waals surface area contributed by atoms with Crippen LogP contribution in [0.15, 0.2) is 65.2 Å². The zero-order valence-corrected chi connectivity index (χ0v) is 27.0. The number of aliphatic imine (C=N–C) groups is 1. The summed E-state index contributed by atoms with van der Waals surface area (Å²) in [5, 5.41) is 0. The highest BCUT2D eigenvalue weighted by molar-refractivity contribution is 8.93. The van der Waals surface area contributed by atoms with Gasteiger partial charge in [0.05, 0.1) is 13.2 Å². The van der Waals surface area contributed by atoms with Crippen LogP contribution in [0.4, 0.5) is 5.69 Å². The summed E-state index contributed by atoms with van der Waals surface area (Å²) in [7, 11) is 0. The van der Waals surface area contributed by atoms with E-state index in [1.54, 1.807) is 6.92 Å². The maximum absolute atomic E-state index is 12.6. The molecule has 2 aromatic rings. The van der Waals surface area contributed by atoms with Crippen LogP contribution in [0.3, 0.4) is 0 Å². The molecule has 1 aliphatic heterocycles. The van der Waals surface area contributed by atoms with E-state index >= 15 is 0 Å². The molecule has 0 N–H and O–H groups in total. The Morgan fingerprint density at radius 2 is 1.57 bits per heavy atom. The fourth-order valence-corrected chi connectivity index (χ4v) is 5.26. The molecule has 40 heavy (non-hydrogen) atoms. The molecule has 0 aromatic heterocycles. The van der Waals surface area contributed by atoms with E-state index in [1.165, 1.54) is 68.9 Å². The van der Waals surface area contributed by atoms with E-state index in [-0.39, 0.29) is 28.3 Å². The minimum absolute atomic E-state index is 0. The Bertz CT molecular complexity index is 1080. The lowest BCUT2D eigenvalue weighted by Gasteiger charge is -2.31. The minimum Gasteiger partial charge on any atom is -0.494 e. The molecule has 2 aromatic carbocycles. The summed E-state index contributed by atoms with van der Waals surface area (Å²) in [5.41, 5.74) is 4.66. The van der Waals surface area contributed by atoms with Gasteiger partial charge in [-0.2, -0.15) is 0 Å². The average molecular weight is 612 g/mol. The van der Waals surface area contributed by atoms with Crippen molar-refractivity contribution in [3.8, 4) is 5.75 Å². The zero-order valence-electron chi connectivity index (χ0n) is 25.3. The molecule has 1 atom stereocenters. The van der Waals surface area contributed by atoms with Crippen molar-refractivity contribution in [1.29, 1.82) is 0 Å². The summed E-state index contributed by atoms with van der Waals surface area (Å²) in [6.45, 7) is 10.5. The molecular weight excluding hydrogens is 560 g/mol. The lowest BCUT2D eigenvalue weighted by atomic mass is 9.76. The van der Waals surface area contributed by atoms with Crippen molar-refractivity contribution in [1.82, 2.24) is 0 Å². The fourth-order valence-electron chi connectivity index (χ4n) is 5.26. The van der Waals surface area contributed by atoms with E-state index in [0.29, 0.717) is 6.54 Å². The molecule has 0 radical (unpaired) electrons. The van der Waals surface area contributed by atoms with Gasteiger partial charge in [0.1, 0.15) is 5.75 Å². The summed E-state index contributed by atoms with van der Waals surface area (Å²) < 4.78 is 6.05. The quantitative estimate of drug-likeness (QED) is 0.167. The molecule has 220 valence electrons. The number of hydrogen-bond acceptors (Lipinski definition) is 3. The Morgan fingerprint density at radius 3 is 2.20 bits per heavy atom. The summed E-state index contributed by atoms with van der Waals surface area (Å²) >= 11 is 0. The second-order valence-electron chi connectivity index (χ2n) is 11.5. The lowest BCUT2D eigenvalue weighted by molar-refractivity contribution is -0.116. The van der Waals surface area contributed by atoms with Crippen LogP contribution >= 0.6 is 17.0 Å². The van der Waals surface area contributed by atoms with Gasteiger partial charge in [0, 0.05) is 30.8 Å². The molecule has 0 bridgehead atoms. The predicted octanol–water partition coefficient (Wildman–Crippen LogP) is 9.70. The van der Waals surface area contributed by atoms with Gasteiger partial charge in [-0.25, -0.2) is 0 Å². The number of unbranched alkanes of at least 4 members (excludes halogenated alkanes) is 9.